The van der Waals surface area contributed by atoms with Crippen molar-refractivity contribution in [2.75, 3.05) is 0 Å². The molecular formula is C111H156Br2N4. The van der Waals surface area contributed by atoms with Gasteiger partial charge in [0.2, 0.25) is 0 Å². The van der Waals surface area contributed by atoms with Gasteiger partial charge in [0.15, 0.2) is 0 Å². The van der Waals surface area contributed by atoms with Crippen molar-refractivity contribution in [1.29, 1.82) is 0 Å². The van der Waals surface area contributed by atoms with Crippen molar-refractivity contribution in [2.24, 2.45) is 20.0 Å². The molecule has 5 aliphatic heterocycles. The molecule has 0 aromatic heterocycles. The fourth-order valence-corrected chi connectivity index (χ4v) is 21.8. The van der Waals surface area contributed by atoms with Crippen molar-refractivity contribution in [3.63, 3.8) is 0 Å². The normalized spacial score (nSPS) is 16.7. The average molecular weight is 1710 g/mol. The Kier molecular flexibility index (Phi) is 41.0. The van der Waals surface area contributed by atoms with Gasteiger partial charge in [-0.15, -0.1) is 0 Å². The lowest BCUT2D eigenvalue weighted by molar-refractivity contribution is 0.396. The third kappa shape index (κ3) is 27.0. The zero-order valence-electron chi connectivity index (χ0n) is 74.4. The van der Waals surface area contributed by atoms with Gasteiger partial charge < -0.3 is 0 Å². The zero-order valence-corrected chi connectivity index (χ0v) is 77.6. The zero-order chi connectivity index (χ0) is 81.2. The second-order valence-electron chi connectivity index (χ2n) is 36.9. The van der Waals surface area contributed by atoms with Crippen LogP contribution >= 0.6 is 31.9 Å². The number of unbranched alkanes of at least 4 members (excludes halogenated alkanes) is 55. The van der Waals surface area contributed by atoms with E-state index in [1.165, 1.54) is 428 Å². The van der Waals surface area contributed by atoms with Crippen molar-refractivity contribution in [1.82, 2.24) is 0 Å². The van der Waals surface area contributed by atoms with E-state index in [4.69, 9.17) is 20.0 Å². The predicted molar refractivity (Wildman–Crippen MR) is 522 cm³/mol. The van der Waals surface area contributed by atoms with Crippen LogP contribution in [0.25, 0.3) is 33.4 Å². The summed E-state index contributed by atoms with van der Waals surface area (Å²) in [6, 6.07) is 33.0. The Morgan fingerprint density at radius 3 is 0.803 bits per heavy atom. The van der Waals surface area contributed by atoms with Crippen molar-refractivity contribution in [3.8, 4) is 22.3 Å². The molecule has 7 aliphatic rings. The molecule has 4 nitrogen and oxygen atoms in total. The molecule has 0 amide bonds. The SMILES string of the molecule is CCCCCCCCCCCCCCCCCCCCCCCCCCCCCCCCC1(C)c2ccccc2-c2cccc(C3=C4C=CC(=N4)C(Br)=C4C=CC(=N4)C(c4cccc5c4C(CCCCCCCCCCCCCCCC)(CCCCCCCCCCCCCCCC)c4ccccc4-5)=C4C=CC(=N4)C(Br)=C4C=CC3=N4)c21. The molecule has 0 spiro atoms. The maximum absolute atomic E-state index is 5.71. The number of hydrogen-bond acceptors (Lipinski definition) is 4. The molecule has 0 N–H and O–H groups in total. The third-order valence-electron chi connectivity index (χ3n) is 27.7. The van der Waals surface area contributed by atoms with Crippen molar-refractivity contribution in [2.45, 2.75) is 430 Å². The highest BCUT2D eigenvalue weighted by Gasteiger charge is 2.46. The molecule has 2 aliphatic carbocycles. The molecule has 5 heterocycles. The number of halogens is 2. The first kappa shape index (κ1) is 92.2. The largest absolute Gasteiger partial charge is 0.247 e. The monoisotopic (exact) mass is 1700 g/mol. The van der Waals surface area contributed by atoms with Crippen LogP contribution in [0, 0.1) is 0 Å². The number of allylic oxidation sites excluding steroid dienone is 12. The lowest BCUT2D eigenvalue weighted by Gasteiger charge is -2.35. The predicted octanol–water partition coefficient (Wildman–Crippen LogP) is 36.5. The Morgan fingerprint density at radius 2 is 0.462 bits per heavy atom. The van der Waals surface area contributed by atoms with Gasteiger partial charge in [-0.2, -0.15) is 0 Å². The summed E-state index contributed by atoms with van der Waals surface area (Å²) in [6.45, 7) is 9.49. The lowest BCUT2D eigenvalue weighted by Crippen LogP contribution is -2.27. The van der Waals surface area contributed by atoms with E-state index in [0.717, 1.165) is 85.0 Å². The van der Waals surface area contributed by atoms with E-state index in [1.54, 1.807) is 0 Å². The first-order chi connectivity index (χ1) is 57.8. The van der Waals surface area contributed by atoms with Crippen molar-refractivity contribution < 1.29 is 0 Å². The fourth-order valence-electron chi connectivity index (χ4n) is 20.9. The van der Waals surface area contributed by atoms with Crippen LogP contribution in [0.15, 0.2) is 185 Å². The van der Waals surface area contributed by atoms with E-state index >= 15 is 0 Å². The van der Waals surface area contributed by atoms with Crippen LogP contribution in [-0.2, 0) is 10.8 Å². The van der Waals surface area contributed by atoms with Gasteiger partial charge in [0, 0.05) is 22.0 Å². The Morgan fingerprint density at radius 1 is 0.222 bits per heavy atom. The molecule has 8 bridgehead atoms. The summed E-state index contributed by atoms with van der Waals surface area (Å²) in [5.74, 6) is 0. The van der Waals surface area contributed by atoms with Crippen molar-refractivity contribution >= 4 is 65.9 Å². The van der Waals surface area contributed by atoms with E-state index in [1.807, 2.05) is 0 Å². The van der Waals surface area contributed by atoms with Crippen molar-refractivity contribution in [3.05, 3.63) is 199 Å². The molecule has 634 valence electrons. The van der Waals surface area contributed by atoms with Crippen LogP contribution in [0.3, 0.4) is 0 Å². The summed E-state index contributed by atoms with van der Waals surface area (Å²) in [7, 11) is 0. The van der Waals surface area contributed by atoms with Gasteiger partial charge >= 0.3 is 0 Å². The van der Waals surface area contributed by atoms with E-state index in [9.17, 15) is 0 Å². The number of aliphatic imine (C=N–C) groups is 4. The van der Waals surface area contributed by atoms with Crippen LogP contribution in [0.5, 0.6) is 0 Å². The van der Waals surface area contributed by atoms with E-state index in [-0.39, 0.29) is 10.8 Å². The minimum atomic E-state index is -0.195. The maximum Gasteiger partial charge on any atom is 0.0801 e. The highest BCUT2D eigenvalue weighted by Crippen LogP contribution is 2.58. The third-order valence-corrected chi connectivity index (χ3v) is 29.3. The maximum atomic E-state index is 5.71. The Bertz CT molecular complexity index is 4080. The molecule has 4 aromatic carbocycles. The van der Waals surface area contributed by atoms with Crippen LogP contribution in [0.2, 0.25) is 0 Å². The van der Waals surface area contributed by atoms with Crippen LogP contribution in [0.1, 0.15) is 453 Å². The summed E-state index contributed by atoms with van der Waals surface area (Å²) >= 11 is 8.41. The molecule has 11 rings (SSSR count). The smallest absolute Gasteiger partial charge is 0.0801 e. The molecule has 0 fully saturated rings. The van der Waals surface area contributed by atoms with Gasteiger partial charge in [-0.1, -0.05) is 485 Å². The van der Waals surface area contributed by atoms with Gasteiger partial charge in [0.1, 0.15) is 0 Å². The lowest BCUT2D eigenvalue weighted by atomic mass is 9.68. The van der Waals surface area contributed by atoms with Crippen LogP contribution in [0.4, 0.5) is 0 Å². The Hall–Kier alpha value is -5.56. The second kappa shape index (κ2) is 52.0. The molecule has 0 saturated carbocycles. The quantitative estimate of drug-likeness (QED) is 0.0396. The first-order valence-corrected chi connectivity index (χ1v) is 51.2. The molecule has 1 atom stereocenters. The minimum absolute atomic E-state index is 0.147. The summed E-state index contributed by atoms with van der Waals surface area (Å²) in [6.07, 6.45) is 102. The number of hydrogen-bond donors (Lipinski definition) is 0. The number of rotatable bonds is 63. The molecule has 0 saturated heterocycles. The van der Waals surface area contributed by atoms with Gasteiger partial charge in [-0.25, -0.2) is 20.0 Å². The Labute approximate surface area is 731 Å². The standard InChI is InChI=1S/C111H156Br2N4/c1-5-8-11-14-17-20-23-26-29-30-31-32-33-34-35-36-37-38-39-40-41-42-43-44-45-48-51-54-57-64-85-110(4)94-75-62-60-69-88(94)90-71-67-73-92(106(90)110)104-96-77-81-100(114-96)108(112)102-83-79-98(116-102)105(99-80-84-103(117-99)109(113)101-82-78-97(104)115-101)93-74-68-72-91-89-70-61-63-76-95(89)111(107(91)93,86-65-58-55-52-49-46-27-24-21-18-15-12-9-6-2)87-66-59-56-53-50-47-28-25-22-19-16-13-10-7-3/h60-63,67-84H,5-59,64-66,85-87H2,1-4H3. The van der Waals surface area contributed by atoms with E-state index in [0.29, 0.717) is 0 Å². The summed E-state index contributed by atoms with van der Waals surface area (Å²) in [4.78, 5) is 22.7. The first-order valence-electron chi connectivity index (χ1n) is 49.6. The van der Waals surface area contributed by atoms with Gasteiger partial charge in [0.25, 0.3) is 0 Å². The fraction of sp³-hybridized carbons (Fsp3) is 0.604. The van der Waals surface area contributed by atoms with Gasteiger partial charge in [0.05, 0.1) is 54.6 Å². The second-order valence-corrected chi connectivity index (χ2v) is 38.5. The topological polar surface area (TPSA) is 49.4 Å². The van der Waals surface area contributed by atoms with Gasteiger partial charge in [-0.3, -0.25) is 0 Å². The molecule has 117 heavy (non-hydrogen) atoms. The molecule has 0 radical (unpaired) electrons. The highest BCUT2D eigenvalue weighted by molar-refractivity contribution is 9.12. The summed E-state index contributed by atoms with van der Waals surface area (Å²) in [5.41, 5.74) is 22.8. The number of nitrogens with zero attached hydrogens (tertiary/aromatic N) is 4. The average Bonchev–Trinajstić information content (AvgIpc) is 1.58. The number of benzene rings is 4. The molecule has 1 unspecified atom stereocenters. The molecule has 6 heteroatoms. The highest BCUT2D eigenvalue weighted by atomic mass is 79.9. The summed E-state index contributed by atoms with van der Waals surface area (Å²) < 4.78 is 1.77. The Balaban J connectivity index is 0.740. The number of fused-ring (bicyclic) bond motifs is 10. The minimum Gasteiger partial charge on any atom is -0.247 e. The van der Waals surface area contributed by atoms with E-state index < -0.39 is 0 Å². The molecular weight excluding hydrogens is 1550 g/mol. The van der Waals surface area contributed by atoms with Gasteiger partial charge in [-0.05, 0) is 155 Å². The van der Waals surface area contributed by atoms with Crippen LogP contribution in [-0.4, -0.2) is 22.8 Å². The van der Waals surface area contributed by atoms with Crippen LogP contribution < -0.4 is 0 Å². The summed E-state index contributed by atoms with van der Waals surface area (Å²) in [5, 5.41) is 0. The molecule has 4 aromatic rings. The van der Waals surface area contributed by atoms with E-state index in [2.05, 4.69) is 193 Å².